The van der Waals surface area contributed by atoms with Crippen LogP contribution in [0.4, 0.5) is 41.6 Å². The first kappa shape index (κ1) is 39.8. The highest BCUT2D eigenvalue weighted by Gasteiger charge is 2.38. The van der Waals surface area contributed by atoms with E-state index in [1.54, 1.807) is 17.9 Å². The van der Waals surface area contributed by atoms with Crippen molar-refractivity contribution in [1.82, 2.24) is 19.8 Å². The Bertz CT molecular complexity index is 1950. The molecule has 1 aliphatic carbocycles. The van der Waals surface area contributed by atoms with Gasteiger partial charge >= 0.3 is 12.2 Å². The number of benzene rings is 2. The Kier molecular flexibility index (Phi) is 12.9. The van der Waals surface area contributed by atoms with Gasteiger partial charge in [0.2, 0.25) is 6.41 Å². The van der Waals surface area contributed by atoms with Crippen LogP contribution in [0.2, 0.25) is 0 Å². The lowest BCUT2D eigenvalue weighted by Gasteiger charge is -2.18. The molecule has 286 valence electrons. The molecular formula is C36H40F7N7O2S. The second-order valence-corrected chi connectivity index (χ2v) is 14.0. The molecule has 1 saturated carbocycles. The molecule has 2 unspecified atom stereocenters. The molecule has 17 heteroatoms. The molecule has 1 amide bonds. The van der Waals surface area contributed by atoms with Gasteiger partial charge in [0.25, 0.3) is 0 Å². The minimum absolute atomic E-state index is 0.0444. The number of halogens is 7. The molecule has 0 radical (unpaired) electrons. The highest BCUT2D eigenvalue weighted by Crippen LogP contribution is 2.47. The van der Waals surface area contributed by atoms with Crippen LogP contribution in [0, 0.1) is 23.0 Å². The van der Waals surface area contributed by atoms with E-state index in [0.29, 0.717) is 23.9 Å². The van der Waals surface area contributed by atoms with E-state index in [2.05, 4.69) is 20.2 Å². The minimum Gasteiger partial charge on any atom is -0.467 e. The van der Waals surface area contributed by atoms with Crippen molar-refractivity contribution < 1.29 is 40.3 Å². The lowest BCUT2D eigenvalue weighted by atomic mass is 9.92. The minimum atomic E-state index is -5.00. The van der Waals surface area contributed by atoms with Gasteiger partial charge in [0.15, 0.2) is 5.82 Å². The first-order valence-corrected chi connectivity index (χ1v) is 18.1. The number of nitriles is 1. The molecule has 2 aromatic carbocycles. The fourth-order valence-electron chi connectivity index (χ4n) is 6.53. The molecule has 9 nitrogen and oxygen atoms in total. The zero-order valence-electron chi connectivity index (χ0n) is 29.2. The predicted molar refractivity (Wildman–Crippen MR) is 190 cm³/mol. The summed E-state index contributed by atoms with van der Waals surface area (Å²) in [5, 5.41) is 11.8. The fourth-order valence-corrected chi connectivity index (χ4v) is 7.48. The normalized spacial score (nSPS) is 19.4. The number of nitrogens with two attached hydrogens (primary N) is 1. The number of amides is 1. The lowest BCUT2D eigenvalue weighted by Crippen LogP contribution is -2.22. The summed E-state index contributed by atoms with van der Waals surface area (Å²) >= 11 is 0.698. The van der Waals surface area contributed by atoms with Crippen LogP contribution < -0.4 is 15.8 Å². The van der Waals surface area contributed by atoms with Crippen molar-refractivity contribution in [1.29, 1.82) is 5.26 Å². The van der Waals surface area contributed by atoms with Crippen LogP contribution in [0.3, 0.4) is 0 Å². The zero-order valence-corrected chi connectivity index (χ0v) is 30.0. The molecule has 53 heavy (non-hydrogen) atoms. The smallest absolute Gasteiger partial charge is 0.417 e. The maximum Gasteiger partial charge on any atom is 0.417 e. The Hall–Kier alpha value is -4.43. The summed E-state index contributed by atoms with van der Waals surface area (Å²) in [6, 6.07) is 4.75. The number of fused-ring (bicyclic) bond motifs is 3. The Labute approximate surface area is 305 Å². The number of likely N-dealkylation sites (tertiary alicyclic amines) is 1. The third-order valence-electron chi connectivity index (χ3n) is 9.20. The molecule has 4 fully saturated rings. The number of ether oxygens (including phenoxy) is 1. The average molecular weight is 768 g/mol. The van der Waals surface area contributed by atoms with Gasteiger partial charge in [0.1, 0.15) is 40.6 Å². The van der Waals surface area contributed by atoms with E-state index >= 15 is 4.39 Å². The number of carbonyl (C=O) groups excluding carboxylic acids is 1. The molecule has 3 aliphatic heterocycles. The topological polar surface area (TPSA) is 120 Å². The summed E-state index contributed by atoms with van der Waals surface area (Å²) in [4.78, 5) is 21.9. The summed E-state index contributed by atoms with van der Waals surface area (Å²) < 4.78 is 101. The fraction of sp³-hybridized carbons (Fsp3) is 0.500. The van der Waals surface area contributed by atoms with E-state index in [4.69, 9.17) is 10.5 Å². The van der Waals surface area contributed by atoms with Crippen molar-refractivity contribution in [2.45, 2.75) is 76.4 Å². The third-order valence-corrected chi connectivity index (χ3v) is 10.2. The molecular weight excluding hydrogens is 727 g/mol. The SMILES string of the molecule is CCNc1nc(OC)nc2c(F)c(-c3ccc(F)c4sc(N)c(C#N)c34)c(C(F)(F)F)cc12.FC1CC1.FC1CC2CCCN2C1.O=CN1CCCC1. The first-order valence-electron chi connectivity index (χ1n) is 17.3. The van der Waals surface area contributed by atoms with Gasteiger partial charge in [-0.2, -0.15) is 28.4 Å². The summed E-state index contributed by atoms with van der Waals surface area (Å²) in [7, 11) is 1.23. The van der Waals surface area contributed by atoms with Crippen LogP contribution in [0.25, 0.3) is 32.1 Å². The van der Waals surface area contributed by atoms with Crippen molar-refractivity contribution >= 4 is 49.6 Å². The molecule has 8 rings (SSSR count). The number of hydrogen-bond donors (Lipinski definition) is 2. The van der Waals surface area contributed by atoms with Crippen LogP contribution in [0.1, 0.15) is 63.0 Å². The van der Waals surface area contributed by atoms with Gasteiger partial charge in [-0.15, -0.1) is 11.3 Å². The number of aromatic nitrogens is 2. The summed E-state index contributed by atoms with van der Waals surface area (Å²) in [5.41, 5.74) is 2.59. The second-order valence-electron chi connectivity index (χ2n) is 13.0. The van der Waals surface area contributed by atoms with Crippen LogP contribution in [-0.4, -0.2) is 84.4 Å². The van der Waals surface area contributed by atoms with Gasteiger partial charge in [-0.3, -0.25) is 9.69 Å². The van der Waals surface area contributed by atoms with Crippen molar-refractivity contribution in [3.8, 4) is 23.2 Å². The highest BCUT2D eigenvalue weighted by molar-refractivity contribution is 7.23. The number of carbonyl (C=O) groups is 1. The molecule has 0 spiro atoms. The molecule has 0 bridgehead atoms. The summed E-state index contributed by atoms with van der Waals surface area (Å²) in [6.07, 6.45) is 2.35. The van der Waals surface area contributed by atoms with Gasteiger partial charge in [-0.05, 0) is 76.1 Å². The number of thiophene rings is 1. The van der Waals surface area contributed by atoms with E-state index in [9.17, 15) is 36.4 Å². The monoisotopic (exact) mass is 767 g/mol. The van der Waals surface area contributed by atoms with E-state index in [1.165, 1.54) is 32.8 Å². The number of nitrogen functional groups attached to an aromatic ring is 1. The van der Waals surface area contributed by atoms with E-state index < -0.39 is 46.8 Å². The van der Waals surface area contributed by atoms with Gasteiger partial charge in [0, 0.05) is 48.6 Å². The number of anilines is 2. The van der Waals surface area contributed by atoms with Crippen molar-refractivity contribution in [3.05, 3.63) is 41.0 Å². The maximum atomic E-state index is 15.9. The van der Waals surface area contributed by atoms with E-state index in [-0.39, 0.29) is 50.0 Å². The molecule has 2 atom stereocenters. The molecule has 4 aromatic rings. The Morgan fingerprint density at radius 2 is 1.79 bits per heavy atom. The van der Waals surface area contributed by atoms with E-state index in [0.717, 1.165) is 63.5 Å². The summed E-state index contributed by atoms with van der Waals surface area (Å²) in [5.74, 6) is -2.15. The van der Waals surface area contributed by atoms with Gasteiger partial charge < -0.3 is 20.7 Å². The zero-order chi connectivity index (χ0) is 38.4. The Balaban J connectivity index is 0.000000215. The number of hydrogen-bond acceptors (Lipinski definition) is 9. The van der Waals surface area contributed by atoms with Crippen molar-refractivity contribution in [2.24, 2.45) is 0 Å². The number of rotatable bonds is 5. The molecule has 2 aromatic heterocycles. The lowest BCUT2D eigenvalue weighted by molar-refractivity contribution is -0.137. The number of nitrogens with zero attached hydrogens (tertiary/aromatic N) is 5. The van der Waals surface area contributed by atoms with E-state index in [1.807, 2.05) is 0 Å². The standard InChI is InChI=1S/C21H14F5N5OS.C7H12FN.C5H9NO.C3H5F/c1-3-29-19-9-6-11(21(24,25)26)14(15(23)16(9)30-20(31-19)32-2)8-4-5-12(22)17-13(8)10(7-27)18(28)33-17;8-6-4-7-2-1-3-9(7)5-6;7-5-6-3-1-2-4-6;4-3-1-2-3/h4-6H,3,28H2,1-2H3,(H,29,30,31);6-7H,1-5H2;5H,1-4H2;3H,1-2H2. The van der Waals surface area contributed by atoms with Crippen LogP contribution >= 0.6 is 11.3 Å². The van der Waals surface area contributed by atoms with Crippen LogP contribution in [0.15, 0.2) is 18.2 Å². The molecule has 5 heterocycles. The predicted octanol–water partition coefficient (Wildman–Crippen LogP) is 8.25. The molecule has 4 aliphatic rings. The number of methoxy groups -OCH3 is 1. The van der Waals surface area contributed by atoms with Crippen molar-refractivity contribution in [3.63, 3.8) is 0 Å². The largest absolute Gasteiger partial charge is 0.467 e. The maximum absolute atomic E-state index is 15.9. The van der Waals surface area contributed by atoms with Gasteiger partial charge in [0.05, 0.1) is 22.9 Å². The second kappa shape index (κ2) is 17.1. The average Bonchev–Trinajstić information content (AvgIpc) is 3.52. The van der Waals surface area contributed by atoms with Crippen LogP contribution in [-0.2, 0) is 11.0 Å². The third kappa shape index (κ3) is 9.21. The highest BCUT2D eigenvalue weighted by atomic mass is 32.1. The quantitative estimate of drug-likeness (QED) is 0.154. The van der Waals surface area contributed by atoms with Gasteiger partial charge in [-0.1, -0.05) is 6.07 Å². The summed E-state index contributed by atoms with van der Waals surface area (Å²) in [6.45, 7) is 5.79. The molecule has 3 saturated heterocycles. The Morgan fingerprint density at radius 3 is 2.34 bits per heavy atom. The van der Waals surface area contributed by atoms with Crippen LogP contribution in [0.5, 0.6) is 6.01 Å². The van der Waals surface area contributed by atoms with Crippen molar-refractivity contribution in [2.75, 3.05) is 50.9 Å². The molecule has 3 N–H and O–H groups in total. The Morgan fingerprint density at radius 1 is 1.09 bits per heavy atom. The number of nitrogens with one attached hydrogen (secondary N) is 1. The van der Waals surface area contributed by atoms with Gasteiger partial charge in [-0.25, -0.2) is 17.6 Å². The number of alkyl halides is 5. The first-order chi connectivity index (χ1) is 25.3.